The van der Waals surface area contributed by atoms with Gasteiger partial charge in [0.25, 0.3) is 11.6 Å². The number of aliphatic carboxylic acids is 1. The molecule has 1 N–H and O–H groups in total. The van der Waals surface area contributed by atoms with E-state index in [1.165, 1.54) is 35.0 Å². The van der Waals surface area contributed by atoms with Crippen molar-refractivity contribution < 1.29 is 19.6 Å². The summed E-state index contributed by atoms with van der Waals surface area (Å²) in [5, 5.41) is 20.7. The summed E-state index contributed by atoms with van der Waals surface area (Å²) in [5.74, 6) is -1.35. The van der Waals surface area contributed by atoms with Gasteiger partial charge in [0.1, 0.15) is 5.37 Å². The highest BCUT2D eigenvalue weighted by atomic mass is 32.2. The van der Waals surface area contributed by atoms with Gasteiger partial charge < -0.3 is 10.0 Å². The Balaban J connectivity index is 1.60. The van der Waals surface area contributed by atoms with Crippen molar-refractivity contribution in [2.45, 2.75) is 42.0 Å². The fourth-order valence-corrected chi connectivity index (χ4v) is 6.03. The SMILES string of the molecule is CC1(C)S[C@@H]2C(/N=C/c3ccc([N+](=O)[O-])cc3)C(=O)N2[C@@]1(Cc1ccccc1)C(=O)O. The number of amides is 1. The summed E-state index contributed by atoms with van der Waals surface area (Å²) in [5.41, 5.74) is 0.0844. The highest BCUT2D eigenvalue weighted by molar-refractivity contribution is 8.01. The normalized spacial score (nSPS) is 26.5. The number of rotatable bonds is 6. The molecule has 0 saturated carbocycles. The lowest BCUT2D eigenvalue weighted by molar-refractivity contribution is -0.384. The van der Waals surface area contributed by atoms with Crippen molar-refractivity contribution in [3.8, 4) is 0 Å². The highest BCUT2D eigenvalue weighted by Gasteiger charge is 2.72. The molecule has 2 saturated heterocycles. The third-order valence-corrected chi connectivity index (χ3v) is 7.62. The number of fused-ring (bicyclic) bond motifs is 1. The number of carboxylic acids is 1. The van der Waals surface area contributed by atoms with Gasteiger partial charge in [-0.05, 0) is 37.1 Å². The number of β-lactam (4-membered cyclic amide) rings is 1. The quantitative estimate of drug-likeness (QED) is 0.320. The number of carboxylic acid groups (broad SMARTS) is 1. The number of hydrogen-bond donors (Lipinski definition) is 1. The topological polar surface area (TPSA) is 113 Å². The second-order valence-electron chi connectivity index (χ2n) is 8.13. The van der Waals surface area contributed by atoms with Crippen LogP contribution in [0.4, 0.5) is 5.69 Å². The molecule has 0 bridgehead atoms. The number of hydrogen-bond acceptors (Lipinski definition) is 6. The summed E-state index contributed by atoms with van der Waals surface area (Å²) in [7, 11) is 0. The average molecular weight is 439 g/mol. The second kappa shape index (κ2) is 7.49. The molecule has 2 aliphatic rings. The first-order valence-electron chi connectivity index (χ1n) is 9.73. The zero-order valence-electron chi connectivity index (χ0n) is 17.0. The predicted molar refractivity (Wildman–Crippen MR) is 117 cm³/mol. The molecule has 9 heteroatoms. The van der Waals surface area contributed by atoms with Gasteiger partial charge in [-0.3, -0.25) is 19.9 Å². The monoisotopic (exact) mass is 439 g/mol. The van der Waals surface area contributed by atoms with Crippen LogP contribution in [0.1, 0.15) is 25.0 Å². The van der Waals surface area contributed by atoms with E-state index in [9.17, 15) is 24.8 Å². The summed E-state index contributed by atoms with van der Waals surface area (Å²) in [6.45, 7) is 3.72. The zero-order chi connectivity index (χ0) is 22.4. The number of carbonyl (C=O) groups excluding carboxylic acids is 1. The highest BCUT2D eigenvalue weighted by Crippen LogP contribution is 2.58. The smallest absolute Gasteiger partial charge is 0.331 e. The van der Waals surface area contributed by atoms with E-state index in [1.807, 2.05) is 44.2 Å². The molecule has 2 aliphatic heterocycles. The summed E-state index contributed by atoms with van der Waals surface area (Å²) < 4.78 is -0.730. The minimum atomic E-state index is -1.37. The molecule has 8 nitrogen and oxygen atoms in total. The summed E-state index contributed by atoms with van der Waals surface area (Å²) in [6, 6.07) is 14.5. The van der Waals surface area contributed by atoms with E-state index in [0.29, 0.717) is 5.56 Å². The van der Waals surface area contributed by atoms with Crippen LogP contribution in [0.3, 0.4) is 0 Å². The van der Waals surface area contributed by atoms with Gasteiger partial charge in [0, 0.05) is 29.5 Å². The Labute approximate surface area is 183 Å². The van der Waals surface area contributed by atoms with Crippen LogP contribution in [0.5, 0.6) is 0 Å². The van der Waals surface area contributed by atoms with Crippen LogP contribution in [0.25, 0.3) is 0 Å². The van der Waals surface area contributed by atoms with E-state index in [0.717, 1.165) is 5.56 Å². The van der Waals surface area contributed by atoms with Crippen molar-refractivity contribution in [1.29, 1.82) is 0 Å². The van der Waals surface area contributed by atoms with Gasteiger partial charge in [0.15, 0.2) is 11.6 Å². The first kappa shape index (κ1) is 21.0. The van der Waals surface area contributed by atoms with Gasteiger partial charge in [-0.1, -0.05) is 30.3 Å². The molecule has 2 aromatic carbocycles. The standard InChI is InChI=1S/C22H21N3O5S/c1-21(2)22(20(27)28,12-14-6-4-3-5-7-14)24-18(26)17(19(24)31-21)23-13-15-8-10-16(11-9-15)25(29)30/h3-11,13,17,19H,12H2,1-2H3,(H,27,28)/b23-13+/t17?,19-,22+/m1/s1. The number of thioether (sulfide) groups is 1. The largest absolute Gasteiger partial charge is 0.479 e. The Kier molecular flexibility index (Phi) is 5.09. The van der Waals surface area contributed by atoms with E-state index < -0.39 is 27.2 Å². The Morgan fingerprint density at radius 3 is 2.45 bits per heavy atom. The molecular formula is C22H21N3O5S. The average Bonchev–Trinajstić information content (AvgIpc) is 2.94. The molecule has 2 aromatic rings. The van der Waals surface area contributed by atoms with Crippen molar-refractivity contribution in [1.82, 2.24) is 4.90 Å². The molecule has 2 heterocycles. The Hall–Kier alpha value is -3.20. The number of nitrogens with zero attached hydrogens (tertiary/aromatic N) is 3. The maximum absolute atomic E-state index is 13.1. The van der Waals surface area contributed by atoms with Gasteiger partial charge in [-0.25, -0.2) is 4.79 Å². The Bertz CT molecular complexity index is 1070. The third kappa shape index (κ3) is 3.29. The fourth-order valence-electron chi connectivity index (χ4n) is 4.27. The lowest BCUT2D eigenvalue weighted by Crippen LogP contribution is -2.72. The van der Waals surface area contributed by atoms with Crippen LogP contribution in [0.15, 0.2) is 59.6 Å². The Morgan fingerprint density at radius 2 is 1.87 bits per heavy atom. The van der Waals surface area contributed by atoms with Crippen LogP contribution in [-0.2, 0) is 16.0 Å². The fraction of sp³-hybridized carbons (Fsp3) is 0.318. The number of benzene rings is 2. The van der Waals surface area contributed by atoms with E-state index in [1.54, 1.807) is 12.1 Å². The summed E-state index contributed by atoms with van der Waals surface area (Å²) in [6.07, 6.45) is 1.72. The molecule has 4 rings (SSSR count). The first-order chi connectivity index (χ1) is 14.7. The van der Waals surface area contributed by atoms with Gasteiger partial charge >= 0.3 is 5.97 Å². The van der Waals surface area contributed by atoms with Gasteiger partial charge in [-0.2, -0.15) is 0 Å². The number of nitro groups is 1. The van der Waals surface area contributed by atoms with Crippen LogP contribution >= 0.6 is 11.8 Å². The van der Waals surface area contributed by atoms with Crippen LogP contribution < -0.4 is 0 Å². The number of non-ortho nitro benzene ring substituents is 1. The molecular weight excluding hydrogens is 418 g/mol. The number of nitro benzene ring substituents is 1. The molecule has 160 valence electrons. The molecule has 31 heavy (non-hydrogen) atoms. The van der Waals surface area contributed by atoms with E-state index in [4.69, 9.17) is 0 Å². The molecule has 0 aromatic heterocycles. The van der Waals surface area contributed by atoms with E-state index >= 15 is 0 Å². The molecule has 1 unspecified atom stereocenters. The van der Waals surface area contributed by atoms with Crippen LogP contribution in [0.2, 0.25) is 0 Å². The molecule has 2 fully saturated rings. The minimum Gasteiger partial charge on any atom is -0.479 e. The third-order valence-electron chi connectivity index (χ3n) is 5.98. The molecule has 3 atom stereocenters. The van der Waals surface area contributed by atoms with Crippen LogP contribution in [-0.4, -0.2) is 54.7 Å². The van der Waals surface area contributed by atoms with Crippen molar-refractivity contribution in [3.63, 3.8) is 0 Å². The van der Waals surface area contributed by atoms with Crippen molar-refractivity contribution in [2.24, 2.45) is 4.99 Å². The van der Waals surface area contributed by atoms with Gasteiger partial charge in [0.05, 0.1) is 4.92 Å². The molecule has 1 amide bonds. The lowest BCUT2D eigenvalue weighted by atomic mass is 9.76. The maximum Gasteiger partial charge on any atom is 0.331 e. The Morgan fingerprint density at radius 1 is 1.23 bits per heavy atom. The van der Waals surface area contributed by atoms with E-state index in [2.05, 4.69) is 4.99 Å². The van der Waals surface area contributed by atoms with Crippen molar-refractivity contribution in [2.75, 3.05) is 0 Å². The predicted octanol–water partition coefficient (Wildman–Crippen LogP) is 3.14. The maximum atomic E-state index is 13.1. The summed E-state index contributed by atoms with van der Waals surface area (Å²) in [4.78, 5) is 41.8. The van der Waals surface area contributed by atoms with Crippen molar-refractivity contribution in [3.05, 3.63) is 75.8 Å². The lowest BCUT2D eigenvalue weighted by Gasteiger charge is -2.48. The zero-order valence-corrected chi connectivity index (χ0v) is 17.8. The number of aliphatic imine (C=N–C) groups is 1. The molecule has 0 aliphatic carbocycles. The number of carbonyl (C=O) groups is 2. The molecule has 0 radical (unpaired) electrons. The minimum absolute atomic E-state index is 0.0247. The molecule has 0 spiro atoms. The first-order valence-corrected chi connectivity index (χ1v) is 10.6. The van der Waals surface area contributed by atoms with Gasteiger partial charge in [0.2, 0.25) is 0 Å². The second-order valence-corrected chi connectivity index (χ2v) is 9.87. The van der Waals surface area contributed by atoms with Crippen LogP contribution in [0, 0.1) is 10.1 Å². The van der Waals surface area contributed by atoms with Crippen molar-refractivity contribution >= 4 is 35.5 Å². The van der Waals surface area contributed by atoms with E-state index in [-0.39, 0.29) is 23.4 Å². The van der Waals surface area contributed by atoms with Gasteiger partial charge in [-0.15, -0.1) is 11.8 Å². The summed E-state index contributed by atoms with van der Waals surface area (Å²) >= 11 is 1.45.